The van der Waals surface area contributed by atoms with Crippen molar-refractivity contribution in [2.45, 2.75) is 18.8 Å². The molecule has 5 heteroatoms. The summed E-state index contributed by atoms with van der Waals surface area (Å²) >= 11 is 0. The highest BCUT2D eigenvalue weighted by molar-refractivity contribution is 5.55. The van der Waals surface area contributed by atoms with Crippen molar-refractivity contribution in [3.8, 4) is 11.3 Å². The maximum absolute atomic E-state index is 10.9. The molecule has 2 aromatic rings. The number of aromatic nitrogens is 4. The van der Waals surface area contributed by atoms with E-state index in [2.05, 4.69) is 20.2 Å². The predicted octanol–water partition coefficient (Wildman–Crippen LogP) is 1.10. The summed E-state index contributed by atoms with van der Waals surface area (Å²) in [6.07, 6.45) is 5.88. The van der Waals surface area contributed by atoms with Crippen LogP contribution >= 0.6 is 0 Å². The van der Waals surface area contributed by atoms with Crippen molar-refractivity contribution in [1.29, 1.82) is 0 Å². The van der Waals surface area contributed by atoms with Crippen LogP contribution in [0.25, 0.3) is 11.3 Å². The largest absolute Gasteiger partial charge is 0.268 e. The Balaban J connectivity index is 1.93. The summed E-state index contributed by atoms with van der Waals surface area (Å²) in [5, 5.41) is 6.31. The number of rotatable bonds is 2. The molecule has 0 radical (unpaired) electrons. The predicted molar refractivity (Wildman–Crippen MR) is 57.9 cm³/mol. The molecule has 0 bridgehead atoms. The number of nitrogens with zero attached hydrogens (tertiary/aromatic N) is 3. The van der Waals surface area contributed by atoms with E-state index in [0.717, 1.165) is 11.4 Å². The molecule has 0 amide bonds. The molecule has 5 nitrogen and oxygen atoms in total. The Morgan fingerprint density at radius 2 is 1.94 bits per heavy atom. The van der Waals surface area contributed by atoms with Crippen molar-refractivity contribution in [1.82, 2.24) is 20.2 Å². The van der Waals surface area contributed by atoms with Gasteiger partial charge in [0.05, 0.1) is 5.69 Å². The van der Waals surface area contributed by atoms with Gasteiger partial charge in [-0.05, 0) is 18.9 Å². The molecule has 1 fully saturated rings. The molecule has 0 unspecified atom stereocenters. The van der Waals surface area contributed by atoms with Crippen molar-refractivity contribution in [3.05, 3.63) is 40.7 Å². The lowest BCUT2D eigenvalue weighted by atomic mass is 10.2. The first-order valence-electron chi connectivity index (χ1n) is 5.21. The average Bonchev–Trinajstić information content (AvgIpc) is 3.14. The van der Waals surface area contributed by atoms with E-state index in [9.17, 15) is 4.79 Å². The fourth-order valence-corrected chi connectivity index (χ4v) is 1.53. The van der Waals surface area contributed by atoms with Gasteiger partial charge in [0.15, 0.2) is 0 Å². The van der Waals surface area contributed by atoms with E-state index in [-0.39, 0.29) is 5.56 Å². The van der Waals surface area contributed by atoms with Gasteiger partial charge in [0, 0.05) is 29.9 Å². The Bertz CT molecular complexity index is 536. The molecule has 1 N–H and O–H groups in total. The van der Waals surface area contributed by atoms with Gasteiger partial charge in [0.25, 0.3) is 5.56 Å². The van der Waals surface area contributed by atoms with Crippen LogP contribution in [0.2, 0.25) is 0 Å². The number of nitrogens with one attached hydrogen (secondary N) is 1. The van der Waals surface area contributed by atoms with Gasteiger partial charge in [-0.3, -0.25) is 4.79 Å². The van der Waals surface area contributed by atoms with Crippen LogP contribution in [0.3, 0.4) is 0 Å². The highest BCUT2D eigenvalue weighted by Crippen LogP contribution is 2.37. The van der Waals surface area contributed by atoms with E-state index in [4.69, 9.17) is 0 Å². The second kappa shape index (κ2) is 3.52. The van der Waals surface area contributed by atoms with Crippen LogP contribution in [0, 0.1) is 0 Å². The molecule has 80 valence electrons. The molecule has 0 spiro atoms. The normalized spacial score (nSPS) is 15.0. The van der Waals surface area contributed by atoms with Crippen LogP contribution in [-0.4, -0.2) is 20.2 Å². The molecule has 1 aliphatic carbocycles. The zero-order chi connectivity index (χ0) is 11.0. The molecule has 0 saturated heterocycles. The molecular weight excluding hydrogens is 204 g/mol. The zero-order valence-corrected chi connectivity index (χ0v) is 8.55. The molecule has 0 aliphatic heterocycles. The highest BCUT2D eigenvalue weighted by Gasteiger charge is 2.26. The van der Waals surface area contributed by atoms with Gasteiger partial charge in [-0.2, -0.15) is 5.10 Å². The van der Waals surface area contributed by atoms with Crippen molar-refractivity contribution < 1.29 is 0 Å². The van der Waals surface area contributed by atoms with Gasteiger partial charge in [-0.25, -0.2) is 15.1 Å². The summed E-state index contributed by atoms with van der Waals surface area (Å²) in [6.45, 7) is 0. The smallest absolute Gasteiger partial charge is 0.264 e. The SMILES string of the molecule is O=c1ccc(-c2cnc(C3CC3)nc2)n[nH]1. The Kier molecular flexibility index (Phi) is 2.02. The molecular formula is C11H10N4O. The Labute approximate surface area is 91.6 Å². The Morgan fingerprint density at radius 1 is 1.19 bits per heavy atom. The summed E-state index contributed by atoms with van der Waals surface area (Å²) in [5.74, 6) is 1.46. The van der Waals surface area contributed by atoms with Crippen molar-refractivity contribution in [2.24, 2.45) is 0 Å². The summed E-state index contributed by atoms with van der Waals surface area (Å²) in [4.78, 5) is 19.4. The van der Waals surface area contributed by atoms with Gasteiger partial charge in [-0.1, -0.05) is 0 Å². The molecule has 1 saturated carbocycles. The lowest BCUT2D eigenvalue weighted by Gasteiger charge is -2.00. The van der Waals surface area contributed by atoms with Crippen LogP contribution in [0.5, 0.6) is 0 Å². The van der Waals surface area contributed by atoms with E-state index in [1.165, 1.54) is 18.9 Å². The Morgan fingerprint density at radius 3 is 2.50 bits per heavy atom. The van der Waals surface area contributed by atoms with Crippen LogP contribution in [-0.2, 0) is 0 Å². The first kappa shape index (κ1) is 9.21. The summed E-state index contributed by atoms with van der Waals surface area (Å²) in [6, 6.07) is 3.10. The van der Waals surface area contributed by atoms with Crippen molar-refractivity contribution in [3.63, 3.8) is 0 Å². The molecule has 0 atom stereocenters. The van der Waals surface area contributed by atoms with Crippen molar-refractivity contribution >= 4 is 0 Å². The number of H-pyrrole nitrogens is 1. The van der Waals surface area contributed by atoms with E-state index >= 15 is 0 Å². The van der Waals surface area contributed by atoms with Gasteiger partial charge in [0.2, 0.25) is 0 Å². The average molecular weight is 214 g/mol. The minimum Gasteiger partial charge on any atom is -0.268 e. The summed E-state index contributed by atoms with van der Waals surface area (Å²) in [5.41, 5.74) is 1.29. The molecule has 0 aromatic carbocycles. The minimum absolute atomic E-state index is 0.209. The van der Waals surface area contributed by atoms with Gasteiger partial charge in [-0.15, -0.1) is 0 Å². The zero-order valence-electron chi connectivity index (χ0n) is 8.55. The Hall–Kier alpha value is -2.04. The third-order valence-corrected chi connectivity index (χ3v) is 2.59. The molecule has 3 rings (SSSR count). The topological polar surface area (TPSA) is 71.5 Å². The van der Waals surface area contributed by atoms with Crippen LogP contribution < -0.4 is 5.56 Å². The monoisotopic (exact) mass is 214 g/mol. The maximum atomic E-state index is 10.9. The van der Waals surface area contributed by atoms with Gasteiger partial charge < -0.3 is 0 Å². The van der Waals surface area contributed by atoms with Crippen molar-refractivity contribution in [2.75, 3.05) is 0 Å². The molecule has 1 aliphatic rings. The first-order valence-corrected chi connectivity index (χ1v) is 5.21. The summed E-state index contributed by atoms with van der Waals surface area (Å²) < 4.78 is 0. The number of hydrogen-bond acceptors (Lipinski definition) is 4. The standard InChI is InChI=1S/C11H10N4O/c16-10-4-3-9(14-15-10)8-5-12-11(13-6-8)7-1-2-7/h3-7H,1-2H2,(H,15,16). The van der Waals surface area contributed by atoms with Crippen LogP contribution in [0.15, 0.2) is 29.3 Å². The summed E-state index contributed by atoms with van der Waals surface area (Å²) in [7, 11) is 0. The van der Waals surface area contributed by atoms with Crippen LogP contribution in [0.4, 0.5) is 0 Å². The maximum Gasteiger partial charge on any atom is 0.264 e. The van der Waals surface area contributed by atoms with E-state index < -0.39 is 0 Å². The third kappa shape index (κ3) is 1.71. The van der Waals surface area contributed by atoms with E-state index in [1.54, 1.807) is 18.5 Å². The molecule has 16 heavy (non-hydrogen) atoms. The fourth-order valence-electron chi connectivity index (χ4n) is 1.53. The third-order valence-electron chi connectivity index (χ3n) is 2.59. The minimum atomic E-state index is -0.209. The van der Waals surface area contributed by atoms with E-state index in [0.29, 0.717) is 11.6 Å². The lowest BCUT2D eigenvalue weighted by Crippen LogP contribution is -2.05. The van der Waals surface area contributed by atoms with Gasteiger partial charge >= 0.3 is 0 Å². The van der Waals surface area contributed by atoms with Gasteiger partial charge in [0.1, 0.15) is 5.82 Å². The molecule has 2 heterocycles. The second-order valence-corrected chi connectivity index (χ2v) is 3.91. The quantitative estimate of drug-likeness (QED) is 0.812. The fraction of sp³-hybridized carbons (Fsp3) is 0.273. The van der Waals surface area contributed by atoms with Crippen LogP contribution in [0.1, 0.15) is 24.6 Å². The van der Waals surface area contributed by atoms with E-state index in [1.807, 2.05) is 0 Å². The number of aromatic amines is 1. The second-order valence-electron chi connectivity index (χ2n) is 3.91. The number of hydrogen-bond donors (Lipinski definition) is 1. The molecule has 2 aromatic heterocycles. The first-order chi connectivity index (χ1) is 7.83. The lowest BCUT2D eigenvalue weighted by molar-refractivity contribution is 0.922. The highest BCUT2D eigenvalue weighted by atomic mass is 16.1.